The lowest BCUT2D eigenvalue weighted by Crippen LogP contribution is -2.25. The Morgan fingerprint density at radius 3 is 1.22 bits per heavy atom. The van der Waals surface area contributed by atoms with Gasteiger partial charge in [0.2, 0.25) is 0 Å². The highest BCUT2D eigenvalue weighted by molar-refractivity contribution is 5.72. The second-order valence-corrected chi connectivity index (χ2v) is 4.73. The molecule has 27 heavy (non-hydrogen) atoms. The first-order chi connectivity index (χ1) is 13.1. The van der Waals surface area contributed by atoms with Gasteiger partial charge in [-0.2, -0.15) is 0 Å². The zero-order valence-electron chi connectivity index (χ0n) is 14.1. The van der Waals surface area contributed by atoms with E-state index in [-0.39, 0.29) is 45.4 Å². The Labute approximate surface area is 151 Å². The molecule has 0 unspecified atom stereocenters. The van der Waals surface area contributed by atoms with Crippen molar-refractivity contribution in [3.63, 3.8) is 0 Å². The molecule has 0 aliphatic rings. The second kappa shape index (κ2) is 15.7. The van der Waals surface area contributed by atoms with Crippen LogP contribution in [0.25, 0.3) is 41.8 Å². The van der Waals surface area contributed by atoms with Crippen LogP contribution in [0.1, 0.15) is 19.3 Å². The van der Waals surface area contributed by atoms with Crippen molar-refractivity contribution in [1.29, 1.82) is 0 Å². The van der Waals surface area contributed by atoms with Crippen LogP contribution in [0.2, 0.25) is 0 Å². The molecule has 0 spiro atoms. The summed E-state index contributed by atoms with van der Waals surface area (Å²) in [5.74, 6) is -1.34. The SMILES string of the molecule is [N-]=[N+]=NCC(CN=[N+]=[N-])OC(=O)CCCC(=O)OC(CN=[N+]=[N-])CN=[N+]=[N-]. The van der Waals surface area contributed by atoms with Crippen molar-refractivity contribution in [3.05, 3.63) is 41.8 Å². The van der Waals surface area contributed by atoms with Crippen LogP contribution in [0.5, 0.6) is 0 Å². The number of hydrogen-bond acceptors (Lipinski definition) is 8. The summed E-state index contributed by atoms with van der Waals surface area (Å²) < 4.78 is 9.99. The van der Waals surface area contributed by atoms with Gasteiger partial charge in [0.1, 0.15) is 12.2 Å². The minimum absolute atomic E-state index is 0.100. The molecular weight excluding hydrogens is 364 g/mol. The van der Waals surface area contributed by atoms with Gasteiger partial charge in [0, 0.05) is 32.5 Å². The van der Waals surface area contributed by atoms with Crippen LogP contribution in [-0.2, 0) is 19.1 Å². The first kappa shape index (κ1) is 23.2. The van der Waals surface area contributed by atoms with Gasteiger partial charge in [-0.05, 0) is 28.5 Å². The van der Waals surface area contributed by atoms with Crippen molar-refractivity contribution in [2.45, 2.75) is 31.5 Å². The largest absolute Gasteiger partial charge is 0.462 e. The van der Waals surface area contributed by atoms with Crippen molar-refractivity contribution in [2.75, 3.05) is 26.2 Å². The Kier molecular flexibility index (Phi) is 13.5. The van der Waals surface area contributed by atoms with E-state index in [1.807, 2.05) is 0 Å². The molecule has 16 heteroatoms. The van der Waals surface area contributed by atoms with E-state index in [9.17, 15) is 9.59 Å². The minimum atomic E-state index is -0.895. The van der Waals surface area contributed by atoms with Gasteiger partial charge in [-0.1, -0.05) is 20.5 Å². The summed E-state index contributed by atoms with van der Waals surface area (Å²) in [6.07, 6.45) is -1.95. The van der Waals surface area contributed by atoms with Crippen molar-refractivity contribution >= 4 is 11.9 Å². The topological polar surface area (TPSA) is 248 Å². The maximum absolute atomic E-state index is 11.7. The number of azide groups is 4. The fourth-order valence-corrected chi connectivity index (χ4v) is 1.64. The maximum Gasteiger partial charge on any atom is 0.306 e. The number of nitrogens with zero attached hydrogens (tertiary/aromatic N) is 12. The van der Waals surface area contributed by atoms with Gasteiger partial charge in [-0.25, -0.2) is 0 Å². The molecule has 0 N–H and O–H groups in total. The Hall–Kier alpha value is -3.82. The normalized spacial score (nSPS) is 11.3. The van der Waals surface area contributed by atoms with Crippen molar-refractivity contribution in [3.8, 4) is 0 Å². The molecule has 0 saturated heterocycles. The highest BCUT2D eigenvalue weighted by Gasteiger charge is 2.16. The molecule has 0 aromatic carbocycles. The van der Waals surface area contributed by atoms with E-state index in [2.05, 4.69) is 40.1 Å². The molecular formula is C11H16N12O4. The Bertz CT molecular complexity index is 587. The van der Waals surface area contributed by atoms with E-state index in [1.54, 1.807) is 0 Å². The molecule has 0 aromatic heterocycles. The molecule has 0 saturated carbocycles. The van der Waals surface area contributed by atoms with E-state index in [0.29, 0.717) is 0 Å². The molecule has 0 rings (SSSR count). The lowest BCUT2D eigenvalue weighted by atomic mass is 10.2. The summed E-state index contributed by atoms with van der Waals surface area (Å²) in [7, 11) is 0. The predicted molar refractivity (Wildman–Crippen MR) is 89.7 cm³/mol. The highest BCUT2D eigenvalue weighted by Crippen LogP contribution is 2.06. The fourth-order valence-electron chi connectivity index (χ4n) is 1.64. The van der Waals surface area contributed by atoms with Crippen molar-refractivity contribution < 1.29 is 19.1 Å². The smallest absolute Gasteiger partial charge is 0.306 e. The molecule has 0 bridgehead atoms. The molecule has 16 nitrogen and oxygen atoms in total. The third-order valence-electron chi connectivity index (χ3n) is 2.75. The first-order valence-electron chi connectivity index (χ1n) is 7.49. The van der Waals surface area contributed by atoms with Crippen molar-refractivity contribution in [2.24, 2.45) is 20.5 Å². The molecule has 0 aliphatic heterocycles. The van der Waals surface area contributed by atoms with Crippen molar-refractivity contribution in [1.82, 2.24) is 0 Å². The third kappa shape index (κ3) is 13.2. The number of esters is 2. The molecule has 0 aliphatic carbocycles. The third-order valence-corrected chi connectivity index (χ3v) is 2.75. The molecule has 0 aromatic rings. The minimum Gasteiger partial charge on any atom is -0.462 e. The Balaban J connectivity index is 4.36. The van der Waals surface area contributed by atoms with E-state index >= 15 is 0 Å². The monoisotopic (exact) mass is 380 g/mol. The summed E-state index contributed by atoms with van der Waals surface area (Å²) in [4.78, 5) is 33.5. The van der Waals surface area contributed by atoms with E-state index in [0.717, 1.165) is 0 Å². The van der Waals surface area contributed by atoms with Crippen LogP contribution in [-0.4, -0.2) is 50.3 Å². The zero-order chi connectivity index (χ0) is 20.3. The predicted octanol–water partition coefficient (Wildman–Crippen LogP) is 3.22. The van der Waals surface area contributed by atoms with E-state index < -0.39 is 24.1 Å². The van der Waals surface area contributed by atoms with Crippen LogP contribution in [0.4, 0.5) is 0 Å². The van der Waals surface area contributed by atoms with Gasteiger partial charge in [-0.15, -0.1) is 0 Å². The number of rotatable bonds is 14. The maximum atomic E-state index is 11.7. The number of carbonyl (C=O) groups excluding carboxylic acids is 2. The quantitative estimate of drug-likeness (QED) is 0.190. The van der Waals surface area contributed by atoms with Gasteiger partial charge in [0.25, 0.3) is 0 Å². The number of ether oxygens (including phenoxy) is 2. The molecule has 0 fully saturated rings. The number of carbonyl (C=O) groups is 2. The lowest BCUT2D eigenvalue weighted by Gasteiger charge is -2.14. The van der Waals surface area contributed by atoms with Crippen LogP contribution in [0, 0.1) is 0 Å². The molecule has 0 atom stereocenters. The van der Waals surface area contributed by atoms with Gasteiger partial charge < -0.3 is 9.47 Å². The average Bonchev–Trinajstić information content (AvgIpc) is 2.65. The van der Waals surface area contributed by atoms with Gasteiger partial charge in [0.05, 0.1) is 26.2 Å². The van der Waals surface area contributed by atoms with E-state index in [4.69, 9.17) is 31.6 Å². The molecule has 144 valence electrons. The van der Waals surface area contributed by atoms with Gasteiger partial charge in [0.15, 0.2) is 0 Å². The zero-order valence-corrected chi connectivity index (χ0v) is 14.1. The first-order valence-corrected chi connectivity index (χ1v) is 7.49. The Morgan fingerprint density at radius 1 is 0.667 bits per heavy atom. The van der Waals surface area contributed by atoms with Gasteiger partial charge in [-0.3, -0.25) is 9.59 Å². The van der Waals surface area contributed by atoms with Crippen LogP contribution < -0.4 is 0 Å². The van der Waals surface area contributed by atoms with Crippen LogP contribution in [0.3, 0.4) is 0 Å². The fraction of sp³-hybridized carbons (Fsp3) is 0.818. The Morgan fingerprint density at radius 2 is 0.963 bits per heavy atom. The van der Waals surface area contributed by atoms with Crippen LogP contribution >= 0.6 is 0 Å². The molecule has 0 amide bonds. The standard InChI is InChI=1S/C11H16N12O4/c12-20-16-4-8(5-17-21-13)26-10(24)2-1-3-11(25)27-9(6-18-22-14)7-19-23-15/h8-9H,1-7H2. The lowest BCUT2D eigenvalue weighted by molar-refractivity contribution is -0.150. The number of hydrogen-bond donors (Lipinski definition) is 0. The summed E-state index contributed by atoms with van der Waals surface area (Å²) in [6, 6.07) is 0. The second-order valence-electron chi connectivity index (χ2n) is 4.73. The summed E-state index contributed by atoms with van der Waals surface area (Å²) in [6.45, 7) is -0.763. The van der Waals surface area contributed by atoms with Crippen LogP contribution in [0.15, 0.2) is 20.5 Å². The summed E-state index contributed by atoms with van der Waals surface area (Å²) in [5.41, 5.74) is 33.1. The highest BCUT2D eigenvalue weighted by atomic mass is 16.5. The molecule has 0 heterocycles. The van der Waals surface area contributed by atoms with E-state index in [1.165, 1.54) is 0 Å². The average molecular weight is 380 g/mol. The summed E-state index contributed by atoms with van der Waals surface area (Å²) >= 11 is 0. The molecule has 0 radical (unpaired) electrons. The van der Waals surface area contributed by atoms with Gasteiger partial charge >= 0.3 is 11.9 Å². The summed E-state index contributed by atoms with van der Waals surface area (Å²) in [5, 5.41) is 13.0.